The number of guanidine groups is 1. The van der Waals surface area contributed by atoms with Crippen molar-refractivity contribution in [2.45, 2.75) is 60.0 Å². The number of carbonyl (C=O) groups is 1. The van der Waals surface area contributed by atoms with E-state index in [4.69, 9.17) is 4.99 Å². The average molecular weight is 518 g/mol. The van der Waals surface area contributed by atoms with Crippen LogP contribution in [0, 0.1) is 0 Å². The highest BCUT2D eigenvalue weighted by atomic mass is 127. The Kier molecular flexibility index (Phi) is 15.7. The summed E-state index contributed by atoms with van der Waals surface area (Å²) in [5.74, 6) is 0.803. The number of hydrogen-bond acceptors (Lipinski definition) is 3. The van der Waals surface area contributed by atoms with Crippen LogP contribution in [-0.2, 0) is 6.54 Å². The van der Waals surface area contributed by atoms with E-state index in [0.29, 0.717) is 24.7 Å². The van der Waals surface area contributed by atoms with Gasteiger partial charge in [0.1, 0.15) is 0 Å². The molecule has 0 saturated heterocycles. The predicted molar refractivity (Wildman–Crippen MR) is 134 cm³/mol. The van der Waals surface area contributed by atoms with Gasteiger partial charge in [-0.25, -0.2) is 4.99 Å². The molecule has 1 aromatic carbocycles. The monoisotopic (exact) mass is 517 g/mol. The average Bonchev–Trinajstić information content (AvgIpc) is 2.70. The molecule has 0 bridgehead atoms. The predicted octanol–water partition coefficient (Wildman–Crippen LogP) is 3.62. The van der Waals surface area contributed by atoms with Gasteiger partial charge in [-0.05, 0) is 70.9 Å². The number of aliphatic imine (C=N–C) groups is 1. The fraction of sp³-hybridized carbons (Fsp3) is 0.636. The summed E-state index contributed by atoms with van der Waals surface area (Å²) in [6, 6.07) is 8.00. The zero-order chi connectivity index (χ0) is 20.8. The summed E-state index contributed by atoms with van der Waals surface area (Å²) in [6.07, 6.45) is 2.29. The number of hydrogen-bond donors (Lipinski definition) is 3. The molecule has 6 nitrogen and oxygen atoms in total. The molecule has 166 valence electrons. The molecular formula is C22H40IN5O. The van der Waals surface area contributed by atoms with Crippen LogP contribution in [0.5, 0.6) is 0 Å². The van der Waals surface area contributed by atoms with E-state index < -0.39 is 0 Å². The zero-order valence-electron chi connectivity index (χ0n) is 18.8. The van der Waals surface area contributed by atoms with Crippen LogP contribution in [0.4, 0.5) is 0 Å². The van der Waals surface area contributed by atoms with Gasteiger partial charge in [0, 0.05) is 24.7 Å². The summed E-state index contributed by atoms with van der Waals surface area (Å²) in [7, 11) is 0. The van der Waals surface area contributed by atoms with Crippen LogP contribution in [0.15, 0.2) is 29.3 Å². The Morgan fingerprint density at radius 2 is 1.66 bits per heavy atom. The smallest absolute Gasteiger partial charge is 0.251 e. The van der Waals surface area contributed by atoms with E-state index in [0.717, 1.165) is 44.1 Å². The van der Waals surface area contributed by atoms with Gasteiger partial charge in [0.2, 0.25) is 0 Å². The molecule has 0 saturated carbocycles. The Balaban J connectivity index is 0.00000784. The van der Waals surface area contributed by atoms with Crippen LogP contribution in [-0.4, -0.2) is 55.5 Å². The Hall–Kier alpha value is -1.35. The zero-order valence-corrected chi connectivity index (χ0v) is 21.1. The van der Waals surface area contributed by atoms with Gasteiger partial charge in [0.05, 0.1) is 6.54 Å². The minimum absolute atomic E-state index is 0. The minimum Gasteiger partial charge on any atom is -0.357 e. The fourth-order valence-corrected chi connectivity index (χ4v) is 2.98. The molecule has 7 heteroatoms. The molecule has 3 N–H and O–H groups in total. The third-order valence-corrected chi connectivity index (χ3v) is 4.71. The van der Waals surface area contributed by atoms with Crippen LogP contribution in [0.3, 0.4) is 0 Å². The lowest BCUT2D eigenvalue weighted by atomic mass is 10.1. The van der Waals surface area contributed by atoms with Crippen LogP contribution < -0.4 is 16.0 Å². The first kappa shape index (κ1) is 27.6. The maximum absolute atomic E-state index is 11.8. The van der Waals surface area contributed by atoms with Crippen molar-refractivity contribution in [3.8, 4) is 0 Å². The topological polar surface area (TPSA) is 68.8 Å². The number of amides is 1. The molecule has 0 fully saturated rings. The number of benzene rings is 1. The van der Waals surface area contributed by atoms with Gasteiger partial charge in [0.15, 0.2) is 5.96 Å². The molecule has 0 heterocycles. The van der Waals surface area contributed by atoms with Crippen LogP contribution in [0.25, 0.3) is 0 Å². The lowest BCUT2D eigenvalue weighted by molar-refractivity contribution is 0.0956. The van der Waals surface area contributed by atoms with Gasteiger partial charge in [-0.3, -0.25) is 4.79 Å². The van der Waals surface area contributed by atoms with E-state index in [1.165, 1.54) is 6.42 Å². The van der Waals surface area contributed by atoms with E-state index in [1.54, 1.807) is 0 Å². The molecule has 1 amide bonds. The highest BCUT2D eigenvalue weighted by Gasteiger charge is 2.07. The lowest BCUT2D eigenvalue weighted by Gasteiger charge is -2.21. The molecule has 0 aliphatic rings. The Morgan fingerprint density at radius 1 is 1.03 bits per heavy atom. The summed E-state index contributed by atoms with van der Waals surface area (Å²) in [5.41, 5.74) is 1.76. The second-order valence-electron chi connectivity index (χ2n) is 6.97. The number of nitrogens with zero attached hydrogens (tertiary/aromatic N) is 2. The van der Waals surface area contributed by atoms with Crippen molar-refractivity contribution >= 4 is 35.8 Å². The van der Waals surface area contributed by atoms with Gasteiger partial charge >= 0.3 is 0 Å². The molecule has 1 atom stereocenters. The summed E-state index contributed by atoms with van der Waals surface area (Å²) in [5, 5.41) is 9.63. The SMILES string of the molecule is CCNC(=O)c1ccc(CN=C(NCC)NC(C)CCCN(CC)CC)cc1.I. The van der Waals surface area contributed by atoms with Crippen molar-refractivity contribution in [3.63, 3.8) is 0 Å². The second-order valence-corrected chi connectivity index (χ2v) is 6.97. The first-order valence-electron chi connectivity index (χ1n) is 10.7. The number of carbonyl (C=O) groups excluding carboxylic acids is 1. The second kappa shape index (κ2) is 16.4. The first-order valence-corrected chi connectivity index (χ1v) is 10.7. The van der Waals surface area contributed by atoms with Gasteiger partial charge in [-0.15, -0.1) is 24.0 Å². The summed E-state index contributed by atoms with van der Waals surface area (Å²) >= 11 is 0. The largest absolute Gasteiger partial charge is 0.357 e. The van der Waals surface area contributed by atoms with E-state index in [1.807, 2.05) is 31.2 Å². The first-order chi connectivity index (χ1) is 13.5. The van der Waals surface area contributed by atoms with E-state index in [9.17, 15) is 4.79 Å². The van der Waals surface area contributed by atoms with Crippen molar-refractivity contribution in [2.24, 2.45) is 4.99 Å². The number of nitrogens with one attached hydrogen (secondary N) is 3. The van der Waals surface area contributed by atoms with Gasteiger partial charge < -0.3 is 20.9 Å². The van der Waals surface area contributed by atoms with Crippen molar-refractivity contribution < 1.29 is 4.79 Å². The maximum Gasteiger partial charge on any atom is 0.251 e. The molecule has 0 radical (unpaired) electrons. The third-order valence-electron chi connectivity index (χ3n) is 4.71. The molecule has 29 heavy (non-hydrogen) atoms. The molecule has 1 unspecified atom stereocenters. The maximum atomic E-state index is 11.8. The van der Waals surface area contributed by atoms with Crippen LogP contribution in [0.2, 0.25) is 0 Å². The lowest BCUT2D eigenvalue weighted by Crippen LogP contribution is -2.42. The number of halogens is 1. The van der Waals surface area contributed by atoms with Crippen LogP contribution in [0.1, 0.15) is 63.4 Å². The molecular weight excluding hydrogens is 477 g/mol. The Bertz CT molecular complexity index is 587. The fourth-order valence-electron chi connectivity index (χ4n) is 2.98. The highest BCUT2D eigenvalue weighted by molar-refractivity contribution is 14.0. The minimum atomic E-state index is -0.0360. The normalized spacial score (nSPS) is 12.3. The van der Waals surface area contributed by atoms with Crippen molar-refractivity contribution in [2.75, 3.05) is 32.7 Å². The summed E-state index contributed by atoms with van der Waals surface area (Å²) in [4.78, 5) is 19.0. The Morgan fingerprint density at radius 3 is 2.21 bits per heavy atom. The van der Waals surface area contributed by atoms with Crippen molar-refractivity contribution in [3.05, 3.63) is 35.4 Å². The molecule has 0 aliphatic carbocycles. The molecule has 0 aromatic heterocycles. The quantitative estimate of drug-likeness (QED) is 0.225. The molecule has 0 spiro atoms. The van der Waals surface area contributed by atoms with Crippen molar-refractivity contribution in [1.29, 1.82) is 0 Å². The standard InChI is InChI=1S/C22H39N5O.HI/c1-6-23-21(28)20-14-12-19(13-15-20)17-25-22(24-7-2)26-18(5)11-10-16-27(8-3)9-4;/h12-15,18H,6-11,16-17H2,1-5H3,(H,23,28)(H2,24,25,26);1H. The summed E-state index contributed by atoms with van der Waals surface area (Å²) < 4.78 is 0. The molecule has 1 rings (SSSR count). The van der Waals surface area contributed by atoms with Crippen molar-refractivity contribution in [1.82, 2.24) is 20.9 Å². The third kappa shape index (κ3) is 11.4. The summed E-state index contributed by atoms with van der Waals surface area (Å²) in [6.45, 7) is 16.0. The van der Waals surface area contributed by atoms with E-state index in [-0.39, 0.29) is 29.9 Å². The van der Waals surface area contributed by atoms with Gasteiger partial charge in [-0.2, -0.15) is 0 Å². The number of rotatable bonds is 12. The van der Waals surface area contributed by atoms with Gasteiger partial charge in [0.25, 0.3) is 5.91 Å². The van der Waals surface area contributed by atoms with Crippen LogP contribution >= 0.6 is 24.0 Å². The van der Waals surface area contributed by atoms with E-state index in [2.05, 4.69) is 48.5 Å². The molecule has 0 aliphatic heterocycles. The van der Waals surface area contributed by atoms with E-state index >= 15 is 0 Å². The Labute approximate surface area is 194 Å². The highest BCUT2D eigenvalue weighted by Crippen LogP contribution is 2.06. The van der Waals surface area contributed by atoms with Gasteiger partial charge in [-0.1, -0.05) is 26.0 Å². The molecule has 1 aromatic rings.